The molecule has 0 aromatic carbocycles. The van der Waals surface area contributed by atoms with Crippen molar-refractivity contribution in [2.24, 2.45) is 0 Å². The summed E-state index contributed by atoms with van der Waals surface area (Å²) >= 11 is 0. The van der Waals surface area contributed by atoms with Crippen molar-refractivity contribution in [1.29, 1.82) is 0 Å². The van der Waals surface area contributed by atoms with Gasteiger partial charge in [-0.2, -0.15) is 0 Å². The molecule has 2 heterocycles. The molecule has 100 valence electrons. The first-order chi connectivity index (χ1) is 8.66. The molecular formula is C14H22N2O2. The summed E-state index contributed by atoms with van der Waals surface area (Å²) in [4.78, 5) is 16.1. The monoisotopic (exact) mass is 250 g/mol. The maximum atomic E-state index is 12.1. The predicted molar refractivity (Wildman–Crippen MR) is 70.1 cm³/mol. The first-order valence-electron chi connectivity index (χ1n) is 6.67. The second-order valence-corrected chi connectivity index (χ2v) is 5.14. The molecule has 1 amide bonds. The van der Waals surface area contributed by atoms with Crippen molar-refractivity contribution < 1.29 is 9.21 Å². The number of carbonyl (C=O) groups is 1. The quantitative estimate of drug-likeness (QED) is 0.821. The molecular weight excluding hydrogens is 228 g/mol. The van der Waals surface area contributed by atoms with Gasteiger partial charge in [0, 0.05) is 13.1 Å². The van der Waals surface area contributed by atoms with Gasteiger partial charge in [-0.05, 0) is 38.4 Å². The zero-order chi connectivity index (χ0) is 13.0. The number of likely N-dealkylation sites (N-methyl/N-ethyl adjacent to an activating group) is 1. The molecule has 1 aliphatic heterocycles. The smallest absolute Gasteiger partial charge is 0.236 e. The van der Waals surface area contributed by atoms with E-state index in [0.29, 0.717) is 19.1 Å². The van der Waals surface area contributed by atoms with Crippen molar-refractivity contribution >= 4 is 5.91 Å². The zero-order valence-electron chi connectivity index (χ0n) is 11.3. The summed E-state index contributed by atoms with van der Waals surface area (Å²) in [6.45, 7) is 4.33. The van der Waals surface area contributed by atoms with Crippen LogP contribution in [0.2, 0.25) is 0 Å². The highest BCUT2D eigenvalue weighted by molar-refractivity contribution is 5.78. The Morgan fingerprint density at radius 1 is 1.56 bits per heavy atom. The van der Waals surface area contributed by atoms with E-state index in [1.54, 1.807) is 11.2 Å². The molecule has 0 unspecified atom stereocenters. The Balaban J connectivity index is 1.83. The summed E-state index contributed by atoms with van der Waals surface area (Å²) in [6.07, 6.45) is 5.34. The van der Waals surface area contributed by atoms with Crippen molar-refractivity contribution in [2.75, 3.05) is 20.1 Å². The van der Waals surface area contributed by atoms with Crippen LogP contribution in [0.1, 0.15) is 31.9 Å². The molecule has 1 saturated heterocycles. The number of amides is 1. The summed E-state index contributed by atoms with van der Waals surface area (Å²) in [6, 6.07) is 4.27. The summed E-state index contributed by atoms with van der Waals surface area (Å²) in [7, 11) is 1.83. The minimum atomic E-state index is 0.167. The predicted octanol–water partition coefficient (Wildman–Crippen LogP) is 2.11. The third-order valence-corrected chi connectivity index (χ3v) is 3.68. The fraction of sp³-hybridized carbons (Fsp3) is 0.643. The molecule has 0 aliphatic carbocycles. The lowest BCUT2D eigenvalue weighted by molar-refractivity contribution is -0.132. The first kappa shape index (κ1) is 13.1. The van der Waals surface area contributed by atoms with Gasteiger partial charge >= 0.3 is 0 Å². The molecule has 1 aliphatic rings. The van der Waals surface area contributed by atoms with Crippen molar-refractivity contribution in [1.82, 2.24) is 9.80 Å². The van der Waals surface area contributed by atoms with Gasteiger partial charge < -0.3 is 9.32 Å². The van der Waals surface area contributed by atoms with Crippen LogP contribution < -0.4 is 0 Å². The molecule has 0 bridgehead atoms. The van der Waals surface area contributed by atoms with Gasteiger partial charge in [0.05, 0.1) is 19.4 Å². The minimum Gasteiger partial charge on any atom is -0.467 e. The molecule has 0 N–H and O–H groups in total. The Kier molecular flexibility index (Phi) is 4.42. The lowest BCUT2D eigenvalue weighted by Gasteiger charge is -2.33. The normalized spacial score (nSPS) is 20.9. The summed E-state index contributed by atoms with van der Waals surface area (Å²) in [5.41, 5.74) is 0. The molecule has 1 aromatic heterocycles. The zero-order valence-corrected chi connectivity index (χ0v) is 11.3. The Morgan fingerprint density at radius 3 is 3.06 bits per heavy atom. The first-order valence-corrected chi connectivity index (χ1v) is 6.67. The Hall–Kier alpha value is -1.29. The fourth-order valence-corrected chi connectivity index (χ4v) is 2.41. The van der Waals surface area contributed by atoms with Gasteiger partial charge in [0.25, 0.3) is 0 Å². The van der Waals surface area contributed by atoms with E-state index in [1.807, 2.05) is 19.2 Å². The van der Waals surface area contributed by atoms with Gasteiger partial charge in [-0.25, -0.2) is 0 Å². The van der Waals surface area contributed by atoms with E-state index in [4.69, 9.17) is 4.42 Å². The van der Waals surface area contributed by atoms with E-state index in [1.165, 1.54) is 19.3 Å². The number of likely N-dealkylation sites (tertiary alicyclic amines) is 1. The van der Waals surface area contributed by atoms with Crippen LogP contribution in [0.4, 0.5) is 0 Å². The van der Waals surface area contributed by atoms with E-state index in [-0.39, 0.29) is 5.91 Å². The van der Waals surface area contributed by atoms with Crippen molar-refractivity contribution in [3.8, 4) is 0 Å². The maximum absolute atomic E-state index is 12.1. The van der Waals surface area contributed by atoms with Crippen LogP contribution in [-0.2, 0) is 11.3 Å². The molecule has 1 atom stereocenters. The van der Waals surface area contributed by atoms with Gasteiger partial charge in [-0.1, -0.05) is 6.42 Å². The number of furan rings is 1. The standard InChI is InChI=1S/C14H22N2O2/c1-12-6-3-4-8-16(12)11-14(17)15(2)10-13-7-5-9-18-13/h5,7,9,12H,3-4,6,8,10-11H2,1-2H3/t12-/m0/s1. The number of piperidine rings is 1. The van der Waals surface area contributed by atoms with Crippen LogP contribution in [-0.4, -0.2) is 41.9 Å². The molecule has 0 radical (unpaired) electrons. The van der Waals surface area contributed by atoms with Gasteiger partial charge in [0.15, 0.2) is 0 Å². The van der Waals surface area contributed by atoms with Crippen LogP contribution in [0, 0.1) is 0 Å². The lowest BCUT2D eigenvalue weighted by Crippen LogP contribution is -2.44. The lowest BCUT2D eigenvalue weighted by atomic mass is 10.0. The average Bonchev–Trinajstić information content (AvgIpc) is 2.84. The summed E-state index contributed by atoms with van der Waals surface area (Å²) in [5.74, 6) is 0.998. The summed E-state index contributed by atoms with van der Waals surface area (Å²) < 4.78 is 5.26. The molecule has 2 rings (SSSR count). The number of rotatable bonds is 4. The number of hydrogen-bond acceptors (Lipinski definition) is 3. The van der Waals surface area contributed by atoms with E-state index in [9.17, 15) is 4.79 Å². The largest absolute Gasteiger partial charge is 0.467 e. The molecule has 0 saturated carbocycles. The van der Waals surface area contributed by atoms with Gasteiger partial charge in [-0.3, -0.25) is 9.69 Å². The van der Waals surface area contributed by atoms with E-state index in [2.05, 4.69) is 11.8 Å². The topological polar surface area (TPSA) is 36.7 Å². The molecule has 0 spiro atoms. The third-order valence-electron chi connectivity index (χ3n) is 3.68. The van der Waals surface area contributed by atoms with E-state index >= 15 is 0 Å². The highest BCUT2D eigenvalue weighted by Crippen LogP contribution is 2.16. The number of hydrogen-bond donors (Lipinski definition) is 0. The van der Waals surface area contributed by atoms with Gasteiger partial charge in [0.2, 0.25) is 5.91 Å². The number of nitrogens with zero attached hydrogens (tertiary/aromatic N) is 2. The summed E-state index contributed by atoms with van der Waals surface area (Å²) in [5, 5.41) is 0. The van der Waals surface area contributed by atoms with Crippen LogP contribution in [0.25, 0.3) is 0 Å². The van der Waals surface area contributed by atoms with E-state index in [0.717, 1.165) is 12.3 Å². The molecule has 4 nitrogen and oxygen atoms in total. The molecule has 1 aromatic rings. The number of carbonyl (C=O) groups excluding carboxylic acids is 1. The van der Waals surface area contributed by atoms with Crippen LogP contribution in [0.3, 0.4) is 0 Å². The Bertz CT molecular complexity index is 375. The molecule has 4 heteroatoms. The van der Waals surface area contributed by atoms with Crippen molar-refractivity contribution in [2.45, 2.75) is 38.8 Å². The van der Waals surface area contributed by atoms with Gasteiger partial charge in [-0.15, -0.1) is 0 Å². The van der Waals surface area contributed by atoms with Crippen molar-refractivity contribution in [3.63, 3.8) is 0 Å². The molecule has 1 fully saturated rings. The Morgan fingerprint density at radius 2 is 2.39 bits per heavy atom. The fourth-order valence-electron chi connectivity index (χ4n) is 2.41. The maximum Gasteiger partial charge on any atom is 0.236 e. The second-order valence-electron chi connectivity index (χ2n) is 5.14. The highest BCUT2D eigenvalue weighted by Gasteiger charge is 2.22. The average molecular weight is 250 g/mol. The molecule has 18 heavy (non-hydrogen) atoms. The minimum absolute atomic E-state index is 0.167. The third kappa shape index (κ3) is 3.35. The van der Waals surface area contributed by atoms with Gasteiger partial charge in [0.1, 0.15) is 5.76 Å². The SMILES string of the molecule is C[C@H]1CCCCN1CC(=O)N(C)Cc1ccco1. The van der Waals surface area contributed by atoms with Crippen molar-refractivity contribution in [3.05, 3.63) is 24.2 Å². The Labute approximate surface area is 109 Å². The second kappa shape index (κ2) is 6.05. The van der Waals surface area contributed by atoms with E-state index < -0.39 is 0 Å². The highest BCUT2D eigenvalue weighted by atomic mass is 16.3. The van der Waals surface area contributed by atoms with Crippen LogP contribution in [0.5, 0.6) is 0 Å². The van der Waals surface area contributed by atoms with Crippen LogP contribution >= 0.6 is 0 Å². The van der Waals surface area contributed by atoms with Crippen LogP contribution in [0.15, 0.2) is 22.8 Å².